The van der Waals surface area contributed by atoms with Gasteiger partial charge in [0, 0.05) is 37.1 Å². The fraction of sp³-hybridized carbons (Fsp3) is 0.795. The van der Waals surface area contributed by atoms with Crippen LogP contribution in [0.5, 0.6) is 0 Å². The summed E-state index contributed by atoms with van der Waals surface area (Å²) in [6.07, 6.45) is -6.48. The standard InChI is InChI=1S/C39H68N4O20S4/c1-42-37(54)58-21-29(46)5-13-66-17-9-33(50)62-25-39(23-60-31(48)7-15-64-11-3-27(44)19-56-35(40)52,24-61-32(49)8-16-65-12-4-28(45)20-57-36(41)53)26-63-34(51)10-18-67-14-6-30(47)22-59-38(55)43-2/h27-30,44-47H,3-26H2,1-2H3,(H2,40,52)(H2,41,53)(H,42,54)(H,43,55). The summed E-state index contributed by atoms with van der Waals surface area (Å²) in [6.45, 7) is -3.01. The fourth-order valence-electron chi connectivity index (χ4n) is 4.56. The Labute approximate surface area is 406 Å². The van der Waals surface area contributed by atoms with Crippen LogP contribution in [0.4, 0.5) is 19.2 Å². The van der Waals surface area contributed by atoms with Crippen molar-refractivity contribution in [1.29, 1.82) is 0 Å². The molecule has 0 rings (SSSR count). The van der Waals surface area contributed by atoms with Crippen LogP contribution in [-0.2, 0) is 57.1 Å². The zero-order valence-corrected chi connectivity index (χ0v) is 41.2. The van der Waals surface area contributed by atoms with Crippen LogP contribution in [0.25, 0.3) is 0 Å². The number of amides is 4. The molecular formula is C39H68N4O20S4. The third-order valence-electron chi connectivity index (χ3n) is 8.40. The molecule has 0 aromatic rings. The number of aliphatic hydroxyl groups excluding tert-OH is 4. The predicted octanol–water partition coefficient (Wildman–Crippen LogP) is 0.545. The van der Waals surface area contributed by atoms with Crippen LogP contribution < -0.4 is 22.1 Å². The number of carbonyl (C=O) groups excluding carboxylic acids is 8. The summed E-state index contributed by atoms with van der Waals surface area (Å²) in [7, 11) is 2.77. The lowest BCUT2D eigenvalue weighted by atomic mass is 9.92. The Balaban J connectivity index is 5.75. The van der Waals surface area contributed by atoms with E-state index in [1.165, 1.54) is 61.1 Å². The molecule has 0 spiro atoms. The molecule has 24 nitrogen and oxygen atoms in total. The van der Waals surface area contributed by atoms with Gasteiger partial charge in [-0.2, -0.15) is 47.0 Å². The number of nitrogens with one attached hydrogen (secondary N) is 2. The summed E-state index contributed by atoms with van der Waals surface area (Å²) in [5.74, 6) is 0.0367. The number of ether oxygens (including phenoxy) is 8. The van der Waals surface area contributed by atoms with Gasteiger partial charge in [-0.3, -0.25) is 19.2 Å². The maximum atomic E-state index is 13.0. The number of aliphatic hydroxyl groups is 4. The van der Waals surface area contributed by atoms with E-state index in [4.69, 9.17) is 39.9 Å². The largest absolute Gasteiger partial charge is 0.465 e. The number of rotatable bonds is 40. The van der Waals surface area contributed by atoms with Crippen molar-refractivity contribution < 1.29 is 96.7 Å². The van der Waals surface area contributed by atoms with Crippen LogP contribution in [-0.4, -0.2) is 206 Å². The molecule has 0 aliphatic carbocycles. The molecule has 10 N–H and O–H groups in total. The molecule has 0 aliphatic heterocycles. The minimum atomic E-state index is -1.57. The van der Waals surface area contributed by atoms with E-state index in [-0.39, 0.29) is 101 Å². The number of hydrogen-bond donors (Lipinski definition) is 8. The van der Waals surface area contributed by atoms with Crippen LogP contribution in [0.1, 0.15) is 51.4 Å². The molecule has 0 heterocycles. The molecule has 0 radical (unpaired) electrons. The number of hydrogen-bond acceptors (Lipinski definition) is 24. The quantitative estimate of drug-likeness (QED) is 0.0236. The van der Waals surface area contributed by atoms with Crippen LogP contribution in [0.3, 0.4) is 0 Å². The van der Waals surface area contributed by atoms with E-state index in [9.17, 15) is 58.8 Å². The van der Waals surface area contributed by atoms with Crippen molar-refractivity contribution in [1.82, 2.24) is 10.6 Å². The van der Waals surface area contributed by atoms with Gasteiger partial charge < -0.3 is 80.4 Å². The van der Waals surface area contributed by atoms with Gasteiger partial charge in [0.2, 0.25) is 0 Å². The topological polar surface area (TPSA) is 367 Å². The summed E-state index contributed by atoms with van der Waals surface area (Å²) in [5, 5.41) is 44.4. The summed E-state index contributed by atoms with van der Waals surface area (Å²) in [4.78, 5) is 95.9. The second-order valence-electron chi connectivity index (χ2n) is 14.3. The monoisotopic (exact) mass is 1040 g/mol. The summed E-state index contributed by atoms with van der Waals surface area (Å²) in [5.41, 5.74) is 8.25. The van der Waals surface area contributed by atoms with Crippen molar-refractivity contribution in [3.8, 4) is 0 Å². The minimum Gasteiger partial charge on any atom is -0.465 e. The molecular weight excluding hydrogens is 973 g/mol. The number of esters is 4. The maximum absolute atomic E-state index is 13.0. The number of thioether (sulfide) groups is 4. The number of alkyl carbamates (subject to hydrolysis) is 2. The first kappa shape index (κ1) is 63.2. The SMILES string of the molecule is CNC(=O)OCC(O)CCSCCC(=O)OCC(COC(=O)CCSCCC(O)COC(N)=O)(COC(=O)CCSCCC(O)COC(N)=O)COC(=O)CCSCCC(O)COC(=O)NC. The van der Waals surface area contributed by atoms with E-state index in [1.807, 2.05) is 0 Å². The molecule has 4 amide bonds. The Hall–Kier alpha value is -3.80. The molecule has 0 saturated carbocycles. The predicted molar refractivity (Wildman–Crippen MR) is 248 cm³/mol. The Morgan fingerprint density at radius 2 is 0.657 bits per heavy atom. The van der Waals surface area contributed by atoms with Gasteiger partial charge in [0.05, 0.1) is 50.1 Å². The van der Waals surface area contributed by atoms with Gasteiger partial charge in [-0.25, -0.2) is 19.2 Å². The van der Waals surface area contributed by atoms with Gasteiger partial charge in [-0.15, -0.1) is 0 Å². The highest BCUT2D eigenvalue weighted by atomic mass is 32.2. The van der Waals surface area contributed by atoms with Crippen LogP contribution in [0.2, 0.25) is 0 Å². The minimum absolute atomic E-state index is 0.0874. The maximum Gasteiger partial charge on any atom is 0.406 e. The van der Waals surface area contributed by atoms with E-state index in [0.29, 0.717) is 23.0 Å². The smallest absolute Gasteiger partial charge is 0.406 e. The van der Waals surface area contributed by atoms with E-state index in [1.54, 1.807) is 0 Å². The second kappa shape index (κ2) is 40.1. The van der Waals surface area contributed by atoms with E-state index in [2.05, 4.69) is 20.1 Å². The van der Waals surface area contributed by atoms with Crippen LogP contribution >= 0.6 is 47.0 Å². The first-order valence-corrected chi connectivity index (χ1v) is 25.7. The Bertz CT molecular complexity index is 1350. The van der Waals surface area contributed by atoms with Crippen molar-refractivity contribution in [2.75, 3.05) is 113 Å². The lowest BCUT2D eigenvalue weighted by molar-refractivity contribution is -0.170. The van der Waals surface area contributed by atoms with E-state index < -0.39 is 105 Å². The number of nitrogens with two attached hydrogens (primary N) is 2. The highest BCUT2D eigenvalue weighted by molar-refractivity contribution is 7.99. The molecule has 4 unspecified atom stereocenters. The molecule has 0 bridgehead atoms. The summed E-state index contributed by atoms with van der Waals surface area (Å²) >= 11 is 5.28. The lowest BCUT2D eigenvalue weighted by Gasteiger charge is -2.31. The highest BCUT2D eigenvalue weighted by Gasteiger charge is 2.38. The average molecular weight is 1040 g/mol. The normalized spacial score (nSPS) is 13.6. The molecule has 28 heteroatoms. The summed E-state index contributed by atoms with van der Waals surface area (Å²) < 4.78 is 41.1. The Morgan fingerprint density at radius 1 is 0.418 bits per heavy atom. The van der Waals surface area contributed by atoms with Gasteiger partial charge in [0.15, 0.2) is 0 Å². The fourth-order valence-corrected chi connectivity index (χ4v) is 8.37. The first-order valence-electron chi connectivity index (χ1n) is 21.1. The number of carbonyl (C=O) groups is 8. The van der Waals surface area contributed by atoms with Crippen LogP contribution in [0.15, 0.2) is 0 Å². The third kappa shape index (κ3) is 38.8. The van der Waals surface area contributed by atoms with Crippen molar-refractivity contribution in [2.24, 2.45) is 16.9 Å². The van der Waals surface area contributed by atoms with Crippen molar-refractivity contribution in [2.45, 2.75) is 75.8 Å². The molecule has 0 aromatic carbocycles. The van der Waals surface area contributed by atoms with Crippen LogP contribution in [0, 0.1) is 5.41 Å². The Kier molecular flexibility index (Phi) is 37.8. The third-order valence-corrected chi connectivity index (χ3v) is 12.5. The van der Waals surface area contributed by atoms with Gasteiger partial charge in [-0.05, 0) is 48.7 Å². The van der Waals surface area contributed by atoms with Gasteiger partial charge in [-0.1, -0.05) is 0 Å². The Morgan fingerprint density at radius 3 is 0.881 bits per heavy atom. The van der Waals surface area contributed by atoms with E-state index in [0.717, 1.165) is 0 Å². The summed E-state index contributed by atoms with van der Waals surface area (Å²) in [6, 6.07) is 0. The zero-order valence-electron chi connectivity index (χ0n) is 37.9. The molecule has 0 aromatic heterocycles. The molecule has 0 aliphatic rings. The first-order chi connectivity index (χ1) is 31.9. The van der Waals surface area contributed by atoms with Crippen molar-refractivity contribution in [3.05, 3.63) is 0 Å². The average Bonchev–Trinajstić information content (AvgIpc) is 3.29. The lowest BCUT2D eigenvalue weighted by Crippen LogP contribution is -2.44. The zero-order chi connectivity index (χ0) is 50.3. The molecule has 4 atom stereocenters. The molecule has 0 saturated heterocycles. The number of primary amides is 2. The van der Waals surface area contributed by atoms with E-state index >= 15 is 0 Å². The van der Waals surface area contributed by atoms with Crippen molar-refractivity contribution in [3.63, 3.8) is 0 Å². The highest BCUT2D eigenvalue weighted by Crippen LogP contribution is 2.24. The molecule has 388 valence electrons. The van der Waals surface area contributed by atoms with Crippen molar-refractivity contribution >= 4 is 95.3 Å². The molecule has 0 fully saturated rings. The van der Waals surface area contributed by atoms with Gasteiger partial charge in [0.1, 0.15) is 58.3 Å². The van der Waals surface area contributed by atoms with Gasteiger partial charge >= 0.3 is 48.3 Å². The molecule has 67 heavy (non-hydrogen) atoms. The van der Waals surface area contributed by atoms with Gasteiger partial charge in [0.25, 0.3) is 0 Å². The second-order valence-corrected chi connectivity index (χ2v) is 19.2.